The van der Waals surface area contributed by atoms with Crippen molar-refractivity contribution in [1.82, 2.24) is 34.8 Å². The molecule has 0 aromatic carbocycles. The van der Waals surface area contributed by atoms with Crippen LogP contribution in [0.3, 0.4) is 0 Å². The second kappa shape index (κ2) is 11.1. The fourth-order valence-corrected chi connectivity index (χ4v) is 4.41. The molecule has 0 radical (unpaired) electrons. The Morgan fingerprint density at radius 2 is 1.94 bits per heavy atom. The Balaban J connectivity index is 1.48. The molecular weight excluding hydrogens is 458 g/mol. The Hall–Kier alpha value is -3.47. The number of anilines is 2. The molecule has 3 aromatic rings. The van der Waals surface area contributed by atoms with Crippen molar-refractivity contribution in [3.8, 4) is 6.01 Å². The van der Waals surface area contributed by atoms with Crippen LogP contribution in [0.2, 0.25) is 0 Å². The molecule has 4 rings (SSSR count). The lowest BCUT2D eigenvalue weighted by molar-refractivity contribution is -0.130. The number of pyridine rings is 1. The first-order valence-electron chi connectivity index (χ1n) is 12.6. The first kappa shape index (κ1) is 25.6. The summed E-state index contributed by atoms with van der Waals surface area (Å²) in [6.45, 7) is 11.7. The van der Waals surface area contributed by atoms with Gasteiger partial charge in [-0.15, -0.1) is 5.10 Å². The Morgan fingerprint density at radius 1 is 1.19 bits per heavy atom. The van der Waals surface area contributed by atoms with E-state index in [0.29, 0.717) is 43.4 Å². The molecule has 0 saturated carbocycles. The van der Waals surface area contributed by atoms with E-state index in [1.165, 1.54) is 0 Å². The zero-order valence-electron chi connectivity index (χ0n) is 21.9. The van der Waals surface area contributed by atoms with Crippen LogP contribution in [-0.4, -0.2) is 81.2 Å². The molecule has 0 aliphatic carbocycles. The van der Waals surface area contributed by atoms with Gasteiger partial charge in [-0.3, -0.25) is 4.79 Å². The number of piperazine rings is 1. The van der Waals surface area contributed by atoms with E-state index in [-0.39, 0.29) is 18.0 Å². The lowest BCUT2D eigenvalue weighted by Gasteiger charge is -2.36. The van der Waals surface area contributed by atoms with Gasteiger partial charge in [-0.1, -0.05) is 26.3 Å². The fourth-order valence-electron chi connectivity index (χ4n) is 4.41. The number of nitrogens with zero attached hydrogens (tertiary/aromatic N) is 7. The normalized spacial score (nSPS) is 15.8. The standard InChI is InChI=1S/C25H37N9O2/c1-6-16(2)18(4)36-25-30-22(26)24-29-14-20(34(24)31-25)12-19-11-17(3)23(28-13-19)33-9-7-32(8-10-33)21(35)15-27-5/h11,13-14,16,18,27H,6-10,12,15H2,1-5H3,(H2,26,30,31)/t16-,18?/m1/s1. The maximum absolute atomic E-state index is 12.1. The number of carbonyl (C=O) groups is 1. The number of hydrogen-bond donors (Lipinski definition) is 2. The molecule has 0 spiro atoms. The summed E-state index contributed by atoms with van der Waals surface area (Å²) in [4.78, 5) is 29.8. The predicted octanol–water partition coefficient (Wildman–Crippen LogP) is 1.68. The molecule has 3 N–H and O–H groups in total. The summed E-state index contributed by atoms with van der Waals surface area (Å²) in [5, 5.41) is 7.50. The van der Waals surface area contributed by atoms with Gasteiger partial charge in [0.15, 0.2) is 11.5 Å². The number of aryl methyl sites for hydroxylation is 1. The summed E-state index contributed by atoms with van der Waals surface area (Å²) in [6.07, 6.45) is 5.24. The van der Waals surface area contributed by atoms with E-state index >= 15 is 0 Å². The maximum Gasteiger partial charge on any atom is 0.336 e. The number of aromatic nitrogens is 5. The van der Waals surface area contributed by atoms with E-state index in [0.717, 1.165) is 42.1 Å². The molecule has 11 heteroatoms. The first-order chi connectivity index (χ1) is 17.3. The second-order valence-electron chi connectivity index (χ2n) is 9.53. The highest BCUT2D eigenvalue weighted by molar-refractivity contribution is 5.78. The quantitative estimate of drug-likeness (QED) is 0.456. The molecule has 4 heterocycles. The Bertz CT molecular complexity index is 1200. The Labute approximate surface area is 212 Å². The van der Waals surface area contributed by atoms with Crippen LogP contribution in [0.25, 0.3) is 5.65 Å². The molecular formula is C25H37N9O2. The average molecular weight is 496 g/mol. The van der Waals surface area contributed by atoms with Gasteiger partial charge in [0.25, 0.3) is 0 Å². The number of nitrogens with one attached hydrogen (secondary N) is 1. The third-order valence-electron chi connectivity index (χ3n) is 6.93. The van der Waals surface area contributed by atoms with Crippen LogP contribution in [0, 0.1) is 12.8 Å². The lowest BCUT2D eigenvalue weighted by atomic mass is 10.0. The van der Waals surface area contributed by atoms with E-state index < -0.39 is 0 Å². The zero-order chi connectivity index (χ0) is 25.8. The van der Waals surface area contributed by atoms with Crippen molar-refractivity contribution in [3.05, 3.63) is 35.3 Å². The number of imidazole rings is 1. The van der Waals surface area contributed by atoms with Crippen molar-refractivity contribution in [2.75, 3.05) is 50.4 Å². The van der Waals surface area contributed by atoms with Gasteiger partial charge in [0.05, 0.1) is 18.4 Å². The van der Waals surface area contributed by atoms with Crippen molar-refractivity contribution >= 4 is 23.2 Å². The Kier molecular flexibility index (Phi) is 7.88. The highest BCUT2D eigenvalue weighted by atomic mass is 16.5. The van der Waals surface area contributed by atoms with E-state index in [2.05, 4.69) is 52.1 Å². The number of amides is 1. The molecule has 1 amide bonds. The van der Waals surface area contributed by atoms with Gasteiger partial charge in [-0.2, -0.15) is 4.98 Å². The van der Waals surface area contributed by atoms with Crippen molar-refractivity contribution in [3.63, 3.8) is 0 Å². The van der Waals surface area contributed by atoms with Gasteiger partial charge < -0.3 is 25.6 Å². The van der Waals surface area contributed by atoms with Crippen LogP contribution in [0.15, 0.2) is 18.5 Å². The summed E-state index contributed by atoms with van der Waals surface area (Å²) < 4.78 is 7.69. The third-order valence-corrected chi connectivity index (χ3v) is 6.93. The smallest absolute Gasteiger partial charge is 0.336 e. The topological polar surface area (TPSA) is 127 Å². The summed E-state index contributed by atoms with van der Waals surface area (Å²) in [7, 11) is 1.79. The van der Waals surface area contributed by atoms with Crippen LogP contribution in [-0.2, 0) is 11.2 Å². The van der Waals surface area contributed by atoms with Gasteiger partial charge in [-0.25, -0.2) is 14.5 Å². The van der Waals surface area contributed by atoms with Crippen LogP contribution in [0.4, 0.5) is 11.6 Å². The minimum atomic E-state index is -0.0264. The van der Waals surface area contributed by atoms with E-state index in [1.54, 1.807) is 17.8 Å². The van der Waals surface area contributed by atoms with Crippen molar-refractivity contribution in [2.24, 2.45) is 5.92 Å². The summed E-state index contributed by atoms with van der Waals surface area (Å²) in [6, 6.07) is 2.40. The monoisotopic (exact) mass is 495 g/mol. The molecule has 36 heavy (non-hydrogen) atoms. The number of nitrogen functional groups attached to an aromatic ring is 1. The minimum Gasteiger partial charge on any atom is -0.459 e. The molecule has 1 unspecified atom stereocenters. The SMILES string of the molecule is CC[C@@H](C)C(C)Oc1nc(N)c2ncc(Cc3cnc(N4CCN(C(=O)CNC)CC4)c(C)c3)n2n1. The molecule has 0 bridgehead atoms. The number of likely N-dealkylation sites (N-methyl/N-ethyl adjacent to an activating group) is 1. The molecule has 1 saturated heterocycles. The summed E-state index contributed by atoms with van der Waals surface area (Å²) in [5.74, 6) is 1.76. The lowest BCUT2D eigenvalue weighted by Crippen LogP contribution is -2.51. The second-order valence-corrected chi connectivity index (χ2v) is 9.53. The number of hydrogen-bond acceptors (Lipinski definition) is 9. The molecule has 11 nitrogen and oxygen atoms in total. The summed E-state index contributed by atoms with van der Waals surface area (Å²) in [5.41, 5.74) is 9.70. The van der Waals surface area contributed by atoms with Gasteiger partial charge in [-0.05, 0) is 37.9 Å². The van der Waals surface area contributed by atoms with Gasteiger partial charge in [0, 0.05) is 38.8 Å². The average Bonchev–Trinajstić information content (AvgIpc) is 3.27. The van der Waals surface area contributed by atoms with Crippen molar-refractivity contribution in [2.45, 2.75) is 46.6 Å². The van der Waals surface area contributed by atoms with E-state index in [4.69, 9.17) is 15.5 Å². The van der Waals surface area contributed by atoms with Crippen LogP contribution < -0.4 is 20.7 Å². The van der Waals surface area contributed by atoms with Crippen LogP contribution in [0.1, 0.15) is 44.0 Å². The van der Waals surface area contributed by atoms with Gasteiger partial charge in [0.2, 0.25) is 5.91 Å². The molecule has 1 aliphatic heterocycles. The van der Waals surface area contributed by atoms with Crippen LogP contribution >= 0.6 is 0 Å². The number of ether oxygens (including phenoxy) is 1. The van der Waals surface area contributed by atoms with Crippen molar-refractivity contribution < 1.29 is 9.53 Å². The molecule has 3 aromatic heterocycles. The largest absolute Gasteiger partial charge is 0.459 e. The van der Waals surface area contributed by atoms with Gasteiger partial charge in [0.1, 0.15) is 11.9 Å². The van der Waals surface area contributed by atoms with Gasteiger partial charge >= 0.3 is 6.01 Å². The summed E-state index contributed by atoms with van der Waals surface area (Å²) >= 11 is 0. The molecule has 1 aliphatic rings. The first-order valence-corrected chi connectivity index (χ1v) is 12.6. The van der Waals surface area contributed by atoms with E-state index in [1.807, 2.05) is 18.0 Å². The van der Waals surface area contributed by atoms with Crippen LogP contribution in [0.5, 0.6) is 6.01 Å². The zero-order valence-corrected chi connectivity index (χ0v) is 21.9. The molecule has 2 atom stereocenters. The third kappa shape index (κ3) is 5.51. The molecule has 194 valence electrons. The molecule has 1 fully saturated rings. The fraction of sp³-hybridized carbons (Fsp3) is 0.560. The highest BCUT2D eigenvalue weighted by Gasteiger charge is 2.23. The minimum absolute atomic E-state index is 0.0264. The maximum atomic E-state index is 12.1. The number of carbonyl (C=O) groups excluding carboxylic acids is 1. The number of fused-ring (bicyclic) bond motifs is 1. The van der Waals surface area contributed by atoms with E-state index in [9.17, 15) is 4.79 Å². The Morgan fingerprint density at radius 3 is 2.61 bits per heavy atom. The predicted molar refractivity (Wildman–Crippen MR) is 139 cm³/mol. The number of nitrogens with two attached hydrogens (primary N) is 1. The highest BCUT2D eigenvalue weighted by Crippen LogP contribution is 2.23. The number of rotatable bonds is 9. The van der Waals surface area contributed by atoms with Crippen molar-refractivity contribution in [1.29, 1.82) is 0 Å².